The molecule has 1 heterocycles. The molecule has 0 saturated heterocycles. The fourth-order valence-electron chi connectivity index (χ4n) is 3.95. The second-order valence-electron chi connectivity index (χ2n) is 7.78. The molecule has 1 aromatic heterocycles. The molecule has 1 aliphatic rings. The lowest BCUT2D eigenvalue weighted by molar-refractivity contribution is 0.0651. The van der Waals surface area contributed by atoms with Gasteiger partial charge in [0.05, 0.1) is 12.6 Å². The summed E-state index contributed by atoms with van der Waals surface area (Å²) in [5, 5.41) is 15.8. The minimum absolute atomic E-state index is 0.354. The number of nitrogens with one attached hydrogen (secondary N) is 1. The Morgan fingerprint density at radius 2 is 1.85 bits per heavy atom. The molecule has 1 saturated carbocycles. The molecular formula is C15H29N5. The molecule has 1 N–H and O–H groups in total. The zero-order valence-corrected chi connectivity index (χ0v) is 13.6. The number of rotatable bonds is 5. The first-order chi connectivity index (χ1) is 9.33. The number of nitrogens with zero attached hydrogens (tertiary/aromatic N) is 4. The fourth-order valence-corrected chi connectivity index (χ4v) is 3.95. The molecule has 1 aromatic rings. The van der Waals surface area contributed by atoms with Gasteiger partial charge in [-0.05, 0) is 53.5 Å². The van der Waals surface area contributed by atoms with Crippen molar-refractivity contribution in [1.82, 2.24) is 25.5 Å². The van der Waals surface area contributed by atoms with Crippen LogP contribution in [0.3, 0.4) is 0 Å². The predicted molar refractivity (Wildman–Crippen MR) is 80.3 cm³/mol. The van der Waals surface area contributed by atoms with Gasteiger partial charge in [0.1, 0.15) is 0 Å². The molecule has 20 heavy (non-hydrogen) atoms. The van der Waals surface area contributed by atoms with E-state index in [9.17, 15) is 0 Å². The average molecular weight is 279 g/mol. The highest BCUT2D eigenvalue weighted by Crippen LogP contribution is 2.49. The van der Waals surface area contributed by atoms with Gasteiger partial charge in [0.15, 0.2) is 5.82 Å². The van der Waals surface area contributed by atoms with E-state index >= 15 is 0 Å². The third kappa shape index (κ3) is 3.78. The first-order valence-corrected chi connectivity index (χ1v) is 7.80. The molecule has 114 valence electrons. The summed E-state index contributed by atoms with van der Waals surface area (Å²) in [7, 11) is 0. The molecule has 5 nitrogen and oxygen atoms in total. The molecule has 2 rings (SSSR count). The predicted octanol–water partition coefficient (Wildman–Crippen LogP) is 2.95. The molecule has 1 aliphatic carbocycles. The summed E-state index contributed by atoms with van der Waals surface area (Å²) in [5.41, 5.74) is 0.707. The third-order valence-electron chi connectivity index (χ3n) is 4.15. The van der Waals surface area contributed by atoms with Crippen LogP contribution in [0.5, 0.6) is 0 Å². The van der Waals surface area contributed by atoms with Gasteiger partial charge in [-0.3, -0.25) is 0 Å². The monoisotopic (exact) mass is 279 g/mol. The Bertz CT molecular complexity index is 419. The maximum absolute atomic E-state index is 4.27. The lowest BCUT2D eigenvalue weighted by Gasteiger charge is -2.44. The Morgan fingerprint density at radius 1 is 1.20 bits per heavy atom. The topological polar surface area (TPSA) is 55.6 Å². The van der Waals surface area contributed by atoms with Gasteiger partial charge in [0.25, 0.3) is 0 Å². The lowest BCUT2D eigenvalue weighted by atomic mass is 9.63. The van der Waals surface area contributed by atoms with Crippen molar-refractivity contribution in [2.45, 2.75) is 72.9 Å². The Labute approximate surface area is 122 Å². The molecule has 0 radical (unpaired) electrons. The van der Waals surface area contributed by atoms with Crippen molar-refractivity contribution < 1.29 is 0 Å². The van der Waals surface area contributed by atoms with Crippen LogP contribution in [0.4, 0.5) is 0 Å². The second kappa shape index (κ2) is 5.80. The highest BCUT2D eigenvalue weighted by molar-refractivity contribution is 4.94. The van der Waals surface area contributed by atoms with Gasteiger partial charge in [-0.1, -0.05) is 34.6 Å². The van der Waals surface area contributed by atoms with Crippen LogP contribution in [0.1, 0.15) is 72.2 Å². The summed E-state index contributed by atoms with van der Waals surface area (Å²) >= 11 is 0. The quantitative estimate of drug-likeness (QED) is 0.842. The van der Waals surface area contributed by atoms with Crippen LogP contribution in [0, 0.1) is 10.8 Å². The first-order valence-electron chi connectivity index (χ1n) is 7.80. The van der Waals surface area contributed by atoms with E-state index in [2.05, 4.69) is 60.1 Å². The highest BCUT2D eigenvalue weighted by Gasteiger charge is 2.40. The zero-order chi connectivity index (χ0) is 14.8. The molecule has 0 aromatic carbocycles. The van der Waals surface area contributed by atoms with Gasteiger partial charge in [-0.2, -0.15) is 0 Å². The summed E-state index contributed by atoms with van der Waals surface area (Å²) in [4.78, 5) is 0. The Kier molecular flexibility index (Phi) is 4.47. The number of hydrogen-bond donors (Lipinski definition) is 1. The highest BCUT2D eigenvalue weighted by atomic mass is 15.6. The summed E-state index contributed by atoms with van der Waals surface area (Å²) in [6.45, 7) is 13.4. The maximum Gasteiger partial charge on any atom is 0.165 e. The minimum Gasteiger partial charge on any atom is -0.310 e. The fraction of sp³-hybridized carbons (Fsp3) is 0.933. The van der Waals surface area contributed by atoms with Crippen molar-refractivity contribution in [2.24, 2.45) is 10.8 Å². The van der Waals surface area contributed by atoms with E-state index in [-0.39, 0.29) is 0 Å². The van der Waals surface area contributed by atoms with Crippen molar-refractivity contribution in [3.05, 3.63) is 5.82 Å². The van der Waals surface area contributed by atoms with Crippen LogP contribution >= 0.6 is 0 Å². The van der Waals surface area contributed by atoms with Crippen LogP contribution < -0.4 is 5.32 Å². The molecule has 0 spiro atoms. The summed E-state index contributed by atoms with van der Waals surface area (Å²) in [6, 6.07) is 0.419. The largest absolute Gasteiger partial charge is 0.310 e. The summed E-state index contributed by atoms with van der Waals surface area (Å²) < 4.78 is 2.06. The maximum atomic E-state index is 4.27. The molecule has 0 atom stereocenters. The summed E-state index contributed by atoms with van der Waals surface area (Å²) in [5.74, 6) is 0.969. The number of tetrazole rings is 1. The molecule has 0 amide bonds. The van der Waals surface area contributed by atoms with E-state index in [0.29, 0.717) is 16.9 Å². The van der Waals surface area contributed by atoms with Gasteiger partial charge < -0.3 is 5.32 Å². The Hall–Kier alpha value is -0.970. The van der Waals surface area contributed by atoms with Crippen molar-refractivity contribution in [2.75, 3.05) is 6.54 Å². The molecule has 5 heteroatoms. The van der Waals surface area contributed by atoms with Gasteiger partial charge in [-0.25, -0.2) is 4.68 Å². The van der Waals surface area contributed by atoms with Crippen molar-refractivity contribution in [1.29, 1.82) is 0 Å². The standard InChI is InChI=1S/C15H29N5/c1-6-7-16-10-13-17-18-19-20(13)12-8-14(2,3)11-15(4,5)9-12/h12,16H,6-11H2,1-5H3. The lowest BCUT2D eigenvalue weighted by Crippen LogP contribution is -2.36. The van der Waals surface area contributed by atoms with Gasteiger partial charge in [0, 0.05) is 0 Å². The molecule has 0 bridgehead atoms. The van der Waals surface area contributed by atoms with Crippen LogP contribution in [-0.4, -0.2) is 26.8 Å². The van der Waals surface area contributed by atoms with Gasteiger partial charge in [-0.15, -0.1) is 5.10 Å². The van der Waals surface area contributed by atoms with E-state index in [1.807, 2.05) is 0 Å². The van der Waals surface area contributed by atoms with Crippen LogP contribution in [-0.2, 0) is 6.54 Å². The second-order valence-corrected chi connectivity index (χ2v) is 7.78. The van der Waals surface area contributed by atoms with Crippen molar-refractivity contribution in [3.63, 3.8) is 0 Å². The minimum atomic E-state index is 0.354. The molecule has 1 fully saturated rings. The number of aromatic nitrogens is 4. The Morgan fingerprint density at radius 3 is 2.45 bits per heavy atom. The van der Waals surface area contributed by atoms with E-state index in [0.717, 1.165) is 38.2 Å². The molecular weight excluding hydrogens is 250 g/mol. The van der Waals surface area contributed by atoms with E-state index in [4.69, 9.17) is 0 Å². The molecule has 0 unspecified atom stereocenters. The third-order valence-corrected chi connectivity index (χ3v) is 4.15. The van der Waals surface area contributed by atoms with Gasteiger partial charge in [0.2, 0.25) is 0 Å². The summed E-state index contributed by atoms with van der Waals surface area (Å²) in [6.07, 6.45) is 4.71. The van der Waals surface area contributed by atoms with Crippen molar-refractivity contribution in [3.8, 4) is 0 Å². The molecule has 0 aliphatic heterocycles. The average Bonchev–Trinajstić information content (AvgIpc) is 2.73. The van der Waals surface area contributed by atoms with E-state index in [1.54, 1.807) is 0 Å². The smallest absolute Gasteiger partial charge is 0.165 e. The van der Waals surface area contributed by atoms with Gasteiger partial charge >= 0.3 is 0 Å². The van der Waals surface area contributed by atoms with Crippen LogP contribution in [0.2, 0.25) is 0 Å². The van der Waals surface area contributed by atoms with Crippen LogP contribution in [0.15, 0.2) is 0 Å². The van der Waals surface area contributed by atoms with E-state index < -0.39 is 0 Å². The number of hydrogen-bond acceptors (Lipinski definition) is 4. The SMILES string of the molecule is CCCNCc1nnnn1C1CC(C)(C)CC(C)(C)C1. The normalized spacial score (nSPS) is 22.1. The van der Waals surface area contributed by atoms with Crippen LogP contribution in [0.25, 0.3) is 0 Å². The zero-order valence-electron chi connectivity index (χ0n) is 13.6. The van der Waals surface area contributed by atoms with E-state index in [1.165, 1.54) is 6.42 Å². The van der Waals surface area contributed by atoms with Crippen molar-refractivity contribution >= 4 is 0 Å². The first kappa shape index (κ1) is 15.4. The Balaban J connectivity index is 2.12.